The Morgan fingerprint density at radius 1 is 1.43 bits per heavy atom. The Labute approximate surface area is 83.4 Å². The van der Waals surface area contributed by atoms with Crippen LogP contribution in [0.4, 0.5) is 0 Å². The van der Waals surface area contributed by atoms with Gasteiger partial charge in [-0.3, -0.25) is 9.59 Å². The van der Waals surface area contributed by atoms with E-state index in [2.05, 4.69) is 10.6 Å². The van der Waals surface area contributed by atoms with Crippen LogP contribution >= 0.6 is 0 Å². The molecule has 1 aliphatic rings. The zero-order valence-corrected chi connectivity index (χ0v) is 8.59. The number of rotatable bonds is 4. The van der Waals surface area contributed by atoms with Gasteiger partial charge in [0.2, 0.25) is 11.8 Å². The van der Waals surface area contributed by atoms with Gasteiger partial charge in [-0.05, 0) is 26.7 Å². The molecule has 0 aromatic rings. The van der Waals surface area contributed by atoms with E-state index in [-0.39, 0.29) is 24.4 Å². The summed E-state index contributed by atoms with van der Waals surface area (Å²) in [6.07, 6.45) is 1.43. The van der Waals surface area contributed by atoms with E-state index in [0.717, 1.165) is 0 Å². The third kappa shape index (κ3) is 2.99. The minimum absolute atomic E-state index is 0.00988. The predicted octanol–water partition coefficient (Wildman–Crippen LogP) is -0.881. The fourth-order valence-corrected chi connectivity index (χ4v) is 1.07. The second-order valence-electron chi connectivity index (χ2n) is 4.06. The van der Waals surface area contributed by atoms with Crippen LogP contribution in [0, 0.1) is 0 Å². The topological polar surface area (TPSA) is 84.2 Å². The molecule has 0 atom stereocenters. The molecule has 4 N–H and O–H groups in total. The van der Waals surface area contributed by atoms with Gasteiger partial charge in [0, 0.05) is 6.04 Å². The minimum atomic E-state index is -0.696. The van der Waals surface area contributed by atoms with E-state index < -0.39 is 5.54 Å². The van der Waals surface area contributed by atoms with Crippen molar-refractivity contribution in [3.05, 3.63) is 0 Å². The van der Waals surface area contributed by atoms with Crippen LogP contribution in [-0.4, -0.2) is 29.9 Å². The molecule has 1 saturated carbocycles. The molecular weight excluding hydrogens is 182 g/mol. The molecule has 0 heterocycles. The standard InChI is InChI=1S/C9H17N3O2/c1-6(2)12-7(13)5-11-8(14)9(10)3-4-9/h6H,3-5,10H2,1-2H3,(H,11,14)(H,12,13). The molecule has 0 spiro atoms. The van der Waals surface area contributed by atoms with E-state index in [1.807, 2.05) is 13.8 Å². The van der Waals surface area contributed by atoms with Gasteiger partial charge in [-0.25, -0.2) is 0 Å². The molecule has 0 unspecified atom stereocenters. The summed E-state index contributed by atoms with van der Waals surface area (Å²) >= 11 is 0. The van der Waals surface area contributed by atoms with Gasteiger partial charge in [0.25, 0.3) is 0 Å². The molecule has 5 nitrogen and oxygen atoms in total. The van der Waals surface area contributed by atoms with Crippen molar-refractivity contribution < 1.29 is 9.59 Å². The average molecular weight is 199 g/mol. The number of nitrogens with one attached hydrogen (secondary N) is 2. The van der Waals surface area contributed by atoms with Gasteiger partial charge in [-0.1, -0.05) is 0 Å². The number of carbonyl (C=O) groups excluding carboxylic acids is 2. The Balaban J connectivity index is 2.20. The molecule has 0 aromatic carbocycles. The van der Waals surface area contributed by atoms with E-state index in [0.29, 0.717) is 12.8 Å². The van der Waals surface area contributed by atoms with Crippen LogP contribution in [0.3, 0.4) is 0 Å². The van der Waals surface area contributed by atoms with Gasteiger partial charge >= 0.3 is 0 Å². The smallest absolute Gasteiger partial charge is 0.240 e. The Bertz CT molecular complexity index is 246. The number of carbonyl (C=O) groups is 2. The van der Waals surface area contributed by atoms with E-state index in [4.69, 9.17) is 5.73 Å². The summed E-state index contributed by atoms with van der Waals surface area (Å²) in [6.45, 7) is 3.74. The lowest BCUT2D eigenvalue weighted by atomic mass is 10.3. The first-order chi connectivity index (χ1) is 6.44. The Kier molecular flexibility index (Phi) is 3.10. The largest absolute Gasteiger partial charge is 0.352 e. The van der Waals surface area contributed by atoms with Crippen LogP contribution in [0.2, 0.25) is 0 Å². The maximum atomic E-state index is 11.3. The Hall–Kier alpha value is -1.10. The highest BCUT2D eigenvalue weighted by Crippen LogP contribution is 2.31. The first-order valence-electron chi connectivity index (χ1n) is 4.80. The number of hydrogen-bond donors (Lipinski definition) is 3. The monoisotopic (exact) mass is 199 g/mol. The number of nitrogens with two attached hydrogens (primary N) is 1. The molecule has 0 aliphatic heterocycles. The van der Waals surface area contributed by atoms with Crippen molar-refractivity contribution in [2.24, 2.45) is 5.73 Å². The lowest BCUT2D eigenvalue weighted by Gasteiger charge is -2.11. The maximum Gasteiger partial charge on any atom is 0.240 e. The molecule has 1 rings (SSSR count). The summed E-state index contributed by atoms with van der Waals surface area (Å²) in [5, 5.41) is 5.19. The minimum Gasteiger partial charge on any atom is -0.352 e. The first kappa shape index (κ1) is 11.0. The normalized spacial score (nSPS) is 17.7. The molecule has 0 radical (unpaired) electrons. The summed E-state index contributed by atoms with van der Waals surface area (Å²) < 4.78 is 0. The van der Waals surface area contributed by atoms with Crippen molar-refractivity contribution in [2.45, 2.75) is 38.3 Å². The van der Waals surface area contributed by atoms with Crippen LogP contribution in [0.15, 0.2) is 0 Å². The Morgan fingerprint density at radius 2 is 2.00 bits per heavy atom. The first-order valence-corrected chi connectivity index (χ1v) is 4.80. The van der Waals surface area contributed by atoms with E-state index in [1.165, 1.54) is 0 Å². The summed E-state index contributed by atoms with van der Waals surface area (Å²) in [5.41, 5.74) is 4.94. The molecule has 80 valence electrons. The van der Waals surface area contributed by atoms with Crippen molar-refractivity contribution in [3.63, 3.8) is 0 Å². The van der Waals surface area contributed by atoms with E-state index >= 15 is 0 Å². The molecule has 5 heteroatoms. The van der Waals surface area contributed by atoms with Crippen LogP contribution < -0.4 is 16.4 Å². The summed E-state index contributed by atoms with van der Waals surface area (Å²) in [7, 11) is 0. The zero-order chi connectivity index (χ0) is 10.8. The lowest BCUT2D eigenvalue weighted by molar-refractivity contribution is -0.127. The van der Waals surface area contributed by atoms with Gasteiger partial charge in [-0.15, -0.1) is 0 Å². The molecule has 0 bridgehead atoms. The third-order valence-corrected chi connectivity index (χ3v) is 2.10. The van der Waals surface area contributed by atoms with Gasteiger partial charge in [0.05, 0.1) is 12.1 Å². The average Bonchev–Trinajstić information content (AvgIpc) is 2.79. The molecule has 1 fully saturated rings. The molecule has 0 aromatic heterocycles. The van der Waals surface area contributed by atoms with Crippen molar-refractivity contribution in [1.29, 1.82) is 0 Å². The van der Waals surface area contributed by atoms with Crippen molar-refractivity contribution in [1.82, 2.24) is 10.6 Å². The highest BCUT2D eigenvalue weighted by molar-refractivity contribution is 5.92. The predicted molar refractivity (Wildman–Crippen MR) is 52.4 cm³/mol. The van der Waals surface area contributed by atoms with Crippen molar-refractivity contribution >= 4 is 11.8 Å². The van der Waals surface area contributed by atoms with Crippen LogP contribution in [-0.2, 0) is 9.59 Å². The Morgan fingerprint density at radius 3 is 2.43 bits per heavy atom. The highest BCUT2D eigenvalue weighted by Gasteiger charge is 2.45. The molecule has 0 saturated heterocycles. The molecule has 1 aliphatic carbocycles. The summed E-state index contributed by atoms with van der Waals surface area (Å²) in [6, 6.07) is 0.0900. The SMILES string of the molecule is CC(C)NC(=O)CNC(=O)C1(N)CC1. The van der Waals surface area contributed by atoms with Gasteiger partial charge < -0.3 is 16.4 Å². The van der Waals surface area contributed by atoms with Crippen LogP contribution in [0.1, 0.15) is 26.7 Å². The van der Waals surface area contributed by atoms with Gasteiger partial charge in [0.1, 0.15) is 0 Å². The van der Waals surface area contributed by atoms with Crippen LogP contribution in [0.25, 0.3) is 0 Å². The maximum absolute atomic E-state index is 11.3. The fourth-order valence-electron chi connectivity index (χ4n) is 1.07. The number of hydrogen-bond acceptors (Lipinski definition) is 3. The van der Waals surface area contributed by atoms with Gasteiger partial charge in [-0.2, -0.15) is 0 Å². The lowest BCUT2D eigenvalue weighted by Crippen LogP contribution is -2.47. The second-order valence-corrected chi connectivity index (χ2v) is 4.06. The van der Waals surface area contributed by atoms with E-state index in [9.17, 15) is 9.59 Å². The second kappa shape index (κ2) is 3.96. The van der Waals surface area contributed by atoms with Crippen LogP contribution in [0.5, 0.6) is 0 Å². The molecule has 2 amide bonds. The quantitative estimate of drug-likeness (QED) is 0.549. The third-order valence-electron chi connectivity index (χ3n) is 2.10. The highest BCUT2D eigenvalue weighted by atomic mass is 16.2. The fraction of sp³-hybridized carbons (Fsp3) is 0.778. The van der Waals surface area contributed by atoms with E-state index in [1.54, 1.807) is 0 Å². The molecular formula is C9H17N3O2. The summed E-state index contributed by atoms with van der Waals surface area (Å²) in [4.78, 5) is 22.4. The van der Waals surface area contributed by atoms with Crippen molar-refractivity contribution in [2.75, 3.05) is 6.54 Å². The molecule has 14 heavy (non-hydrogen) atoms. The van der Waals surface area contributed by atoms with Gasteiger partial charge in [0.15, 0.2) is 0 Å². The zero-order valence-electron chi connectivity index (χ0n) is 8.59. The number of amides is 2. The summed E-state index contributed by atoms with van der Waals surface area (Å²) in [5.74, 6) is -0.408. The van der Waals surface area contributed by atoms with Crippen molar-refractivity contribution in [3.8, 4) is 0 Å².